The van der Waals surface area contributed by atoms with E-state index in [0.717, 1.165) is 12.1 Å². The molecule has 31 heavy (non-hydrogen) atoms. The van der Waals surface area contributed by atoms with Gasteiger partial charge in [0.1, 0.15) is 6.07 Å². The summed E-state index contributed by atoms with van der Waals surface area (Å²) in [6.45, 7) is 2.17. The molecule has 0 spiro atoms. The topological polar surface area (TPSA) is 93.5 Å². The summed E-state index contributed by atoms with van der Waals surface area (Å²) >= 11 is 0. The standard InChI is InChI=1S/C23H22N4O4/c1-29-19-6-2-3-7-20(19)30-14-21-25-17(10-24)23(31-21)26-11-15-9-16(13-26)18-5-4-8-22(28)27(18)12-15/h2-8,15-16H,9,11-14H2,1H3. The third kappa shape index (κ3) is 3.52. The van der Waals surface area contributed by atoms with Gasteiger partial charge in [0, 0.05) is 37.3 Å². The van der Waals surface area contributed by atoms with Crippen molar-refractivity contribution in [1.29, 1.82) is 5.26 Å². The SMILES string of the molecule is COc1ccccc1OCc1nc(C#N)c(N2CC3CC(C2)c2cccc(=O)n2C3)o1. The highest BCUT2D eigenvalue weighted by Gasteiger charge is 2.36. The number of para-hydroxylation sites is 2. The van der Waals surface area contributed by atoms with Gasteiger partial charge < -0.3 is 23.4 Å². The third-order valence-corrected chi connectivity index (χ3v) is 5.95. The number of ether oxygens (including phenoxy) is 2. The van der Waals surface area contributed by atoms with Gasteiger partial charge in [-0.3, -0.25) is 4.79 Å². The molecule has 2 unspecified atom stereocenters. The van der Waals surface area contributed by atoms with Gasteiger partial charge in [-0.2, -0.15) is 10.2 Å². The van der Waals surface area contributed by atoms with Crippen molar-refractivity contribution in [2.45, 2.75) is 25.5 Å². The third-order valence-electron chi connectivity index (χ3n) is 5.95. The second-order valence-electron chi connectivity index (χ2n) is 7.92. The van der Waals surface area contributed by atoms with Gasteiger partial charge >= 0.3 is 0 Å². The Balaban J connectivity index is 1.37. The monoisotopic (exact) mass is 418 g/mol. The zero-order chi connectivity index (χ0) is 21.4. The first-order valence-corrected chi connectivity index (χ1v) is 10.3. The first kappa shape index (κ1) is 19.2. The molecule has 2 aliphatic rings. The molecule has 2 bridgehead atoms. The minimum Gasteiger partial charge on any atom is -0.493 e. The number of hydrogen-bond acceptors (Lipinski definition) is 7. The molecule has 0 N–H and O–H groups in total. The molecule has 5 rings (SSSR count). The number of aromatic nitrogens is 2. The molecule has 8 heteroatoms. The Bertz CT molecular complexity index is 1210. The van der Waals surface area contributed by atoms with E-state index in [0.29, 0.717) is 48.8 Å². The van der Waals surface area contributed by atoms with E-state index in [-0.39, 0.29) is 23.8 Å². The molecule has 3 aromatic rings. The van der Waals surface area contributed by atoms with E-state index in [1.165, 1.54) is 0 Å². The summed E-state index contributed by atoms with van der Waals surface area (Å²) in [4.78, 5) is 18.7. The second kappa shape index (κ2) is 7.84. The molecule has 0 saturated carbocycles. The zero-order valence-corrected chi connectivity index (χ0v) is 17.2. The Morgan fingerprint density at radius 2 is 2.00 bits per heavy atom. The van der Waals surface area contributed by atoms with Gasteiger partial charge in [-0.15, -0.1) is 0 Å². The number of benzene rings is 1. The van der Waals surface area contributed by atoms with Crippen LogP contribution in [0.25, 0.3) is 0 Å². The number of piperidine rings is 1. The highest BCUT2D eigenvalue weighted by Crippen LogP contribution is 2.38. The minimum absolute atomic E-state index is 0.0498. The maximum Gasteiger partial charge on any atom is 0.250 e. The molecule has 2 aromatic heterocycles. The van der Waals surface area contributed by atoms with E-state index in [1.807, 2.05) is 34.9 Å². The van der Waals surface area contributed by atoms with Crippen LogP contribution < -0.4 is 19.9 Å². The Kier molecular flexibility index (Phi) is 4.86. The summed E-state index contributed by atoms with van der Waals surface area (Å²) in [5, 5.41) is 9.62. The van der Waals surface area contributed by atoms with Crippen molar-refractivity contribution in [2.24, 2.45) is 5.92 Å². The summed E-state index contributed by atoms with van der Waals surface area (Å²) in [6, 6.07) is 14.9. The van der Waals surface area contributed by atoms with Gasteiger partial charge in [0.05, 0.1) is 7.11 Å². The predicted molar refractivity (Wildman–Crippen MR) is 112 cm³/mol. The minimum atomic E-state index is 0.0498. The summed E-state index contributed by atoms with van der Waals surface area (Å²) in [5.74, 6) is 2.54. The highest BCUT2D eigenvalue weighted by atomic mass is 16.5. The van der Waals surface area contributed by atoms with Crippen molar-refractivity contribution in [2.75, 3.05) is 25.1 Å². The number of nitrogens with zero attached hydrogens (tertiary/aromatic N) is 4. The first-order valence-electron chi connectivity index (χ1n) is 10.3. The Labute approximate surface area is 179 Å². The van der Waals surface area contributed by atoms with Gasteiger partial charge in [0.2, 0.25) is 17.5 Å². The molecule has 2 atom stereocenters. The van der Waals surface area contributed by atoms with Crippen molar-refractivity contribution in [3.05, 3.63) is 70.1 Å². The fourth-order valence-electron chi connectivity index (χ4n) is 4.64. The summed E-state index contributed by atoms with van der Waals surface area (Å²) < 4.78 is 19.0. The van der Waals surface area contributed by atoms with E-state index >= 15 is 0 Å². The van der Waals surface area contributed by atoms with Crippen molar-refractivity contribution in [3.63, 3.8) is 0 Å². The normalized spacial score (nSPS) is 19.4. The smallest absolute Gasteiger partial charge is 0.250 e. The molecule has 1 saturated heterocycles. The van der Waals surface area contributed by atoms with Crippen LogP contribution in [0, 0.1) is 17.2 Å². The van der Waals surface area contributed by atoms with Crippen LogP contribution in [-0.4, -0.2) is 29.8 Å². The molecule has 8 nitrogen and oxygen atoms in total. The highest BCUT2D eigenvalue weighted by molar-refractivity contribution is 5.49. The molecule has 158 valence electrons. The molecular formula is C23H22N4O4. The first-order chi connectivity index (χ1) is 15.2. The number of hydrogen-bond donors (Lipinski definition) is 0. The molecule has 2 aliphatic heterocycles. The average Bonchev–Trinajstić information content (AvgIpc) is 3.22. The van der Waals surface area contributed by atoms with E-state index < -0.39 is 0 Å². The molecule has 0 aliphatic carbocycles. The lowest BCUT2D eigenvalue weighted by molar-refractivity contribution is 0.245. The predicted octanol–water partition coefficient (Wildman–Crippen LogP) is 2.92. The van der Waals surface area contributed by atoms with E-state index in [9.17, 15) is 10.1 Å². The number of nitriles is 1. The van der Waals surface area contributed by atoms with Crippen LogP contribution in [0.1, 0.15) is 29.6 Å². The molecule has 0 radical (unpaired) electrons. The largest absolute Gasteiger partial charge is 0.493 e. The van der Waals surface area contributed by atoms with Crippen LogP contribution in [0.5, 0.6) is 11.5 Å². The van der Waals surface area contributed by atoms with Crippen molar-refractivity contribution in [1.82, 2.24) is 9.55 Å². The quantitative estimate of drug-likeness (QED) is 0.629. The lowest BCUT2D eigenvalue weighted by Gasteiger charge is -2.42. The van der Waals surface area contributed by atoms with Gasteiger partial charge in [0.15, 0.2) is 18.1 Å². The Morgan fingerprint density at radius 1 is 1.16 bits per heavy atom. The maximum atomic E-state index is 12.2. The average molecular weight is 418 g/mol. The molecule has 4 heterocycles. The van der Waals surface area contributed by atoms with E-state index in [4.69, 9.17) is 13.9 Å². The van der Waals surface area contributed by atoms with Crippen LogP contribution in [0.2, 0.25) is 0 Å². The zero-order valence-electron chi connectivity index (χ0n) is 17.2. The van der Waals surface area contributed by atoms with Crippen molar-refractivity contribution >= 4 is 5.88 Å². The van der Waals surface area contributed by atoms with Gasteiger partial charge in [-0.25, -0.2) is 0 Å². The molecule has 1 fully saturated rings. The summed E-state index contributed by atoms with van der Waals surface area (Å²) in [7, 11) is 1.58. The van der Waals surface area contributed by atoms with Gasteiger partial charge in [0.25, 0.3) is 5.56 Å². The lowest BCUT2D eigenvalue weighted by atomic mass is 9.83. The number of pyridine rings is 1. The number of methoxy groups -OCH3 is 1. The Hall–Kier alpha value is -3.73. The van der Waals surface area contributed by atoms with Gasteiger partial charge in [-0.1, -0.05) is 18.2 Å². The summed E-state index contributed by atoms with van der Waals surface area (Å²) in [6.07, 6.45) is 1.03. The van der Waals surface area contributed by atoms with E-state index in [1.54, 1.807) is 19.2 Å². The second-order valence-corrected chi connectivity index (χ2v) is 7.92. The van der Waals surface area contributed by atoms with E-state index in [2.05, 4.69) is 16.0 Å². The van der Waals surface area contributed by atoms with Crippen LogP contribution in [0.3, 0.4) is 0 Å². The molecule has 1 aromatic carbocycles. The maximum absolute atomic E-state index is 12.2. The lowest BCUT2D eigenvalue weighted by Crippen LogP contribution is -2.47. The number of anilines is 1. The molecule has 0 amide bonds. The summed E-state index contributed by atoms with van der Waals surface area (Å²) in [5.41, 5.74) is 1.35. The fraction of sp³-hybridized carbons (Fsp3) is 0.348. The van der Waals surface area contributed by atoms with Crippen LogP contribution in [0.15, 0.2) is 51.7 Å². The number of oxazole rings is 1. The van der Waals surface area contributed by atoms with Crippen molar-refractivity contribution in [3.8, 4) is 17.6 Å². The van der Waals surface area contributed by atoms with Crippen LogP contribution >= 0.6 is 0 Å². The Morgan fingerprint density at radius 3 is 2.81 bits per heavy atom. The molecular weight excluding hydrogens is 396 g/mol. The van der Waals surface area contributed by atoms with Crippen molar-refractivity contribution < 1.29 is 13.9 Å². The number of rotatable bonds is 5. The van der Waals surface area contributed by atoms with Crippen LogP contribution in [0.4, 0.5) is 5.88 Å². The van der Waals surface area contributed by atoms with Crippen LogP contribution in [-0.2, 0) is 13.2 Å². The number of fused-ring (bicyclic) bond motifs is 4. The fourth-order valence-corrected chi connectivity index (χ4v) is 4.64. The van der Waals surface area contributed by atoms with Gasteiger partial charge in [-0.05, 0) is 30.5 Å².